The van der Waals surface area contributed by atoms with Gasteiger partial charge in [0.05, 0.1) is 6.61 Å². The van der Waals surface area contributed by atoms with Crippen molar-refractivity contribution < 1.29 is 4.74 Å². The van der Waals surface area contributed by atoms with E-state index >= 15 is 0 Å². The van der Waals surface area contributed by atoms with Gasteiger partial charge in [-0.25, -0.2) is 4.98 Å². The number of hydrogen-bond acceptors (Lipinski definition) is 3. The lowest BCUT2D eigenvalue weighted by molar-refractivity contribution is 0.301. The molecule has 1 heterocycles. The molecule has 1 aromatic carbocycles. The van der Waals surface area contributed by atoms with Gasteiger partial charge in [0.2, 0.25) is 5.88 Å². The van der Waals surface area contributed by atoms with Crippen molar-refractivity contribution in [2.24, 2.45) is 4.99 Å². The molecule has 2 N–H and O–H groups in total. The zero-order valence-corrected chi connectivity index (χ0v) is 17.4. The second-order valence-corrected chi connectivity index (χ2v) is 5.58. The van der Waals surface area contributed by atoms with Crippen LogP contribution in [0.4, 0.5) is 0 Å². The molecular formula is C19H27IN4O. The number of hydrogen-bond donors (Lipinski definition) is 2. The van der Waals surface area contributed by atoms with Gasteiger partial charge in [-0.2, -0.15) is 0 Å². The lowest BCUT2D eigenvalue weighted by atomic mass is 10.1. The Morgan fingerprint density at radius 2 is 1.96 bits per heavy atom. The van der Waals surface area contributed by atoms with E-state index in [1.165, 1.54) is 11.1 Å². The summed E-state index contributed by atoms with van der Waals surface area (Å²) >= 11 is 0. The van der Waals surface area contributed by atoms with Gasteiger partial charge in [-0.15, -0.1) is 24.0 Å². The number of rotatable bonds is 7. The maximum atomic E-state index is 5.68. The van der Waals surface area contributed by atoms with Crippen molar-refractivity contribution in [1.29, 1.82) is 0 Å². The highest BCUT2D eigenvalue weighted by Crippen LogP contribution is 2.14. The molecule has 2 aromatic rings. The van der Waals surface area contributed by atoms with Crippen molar-refractivity contribution in [3.63, 3.8) is 0 Å². The summed E-state index contributed by atoms with van der Waals surface area (Å²) in [5, 5.41) is 6.63. The van der Waals surface area contributed by atoms with E-state index in [1.807, 2.05) is 12.1 Å². The average molecular weight is 454 g/mol. The van der Waals surface area contributed by atoms with Crippen LogP contribution in [-0.4, -0.2) is 24.6 Å². The molecule has 6 heteroatoms. The molecule has 0 spiro atoms. The van der Waals surface area contributed by atoms with E-state index < -0.39 is 0 Å². The van der Waals surface area contributed by atoms with Crippen molar-refractivity contribution in [3.05, 3.63) is 59.3 Å². The molecule has 0 aliphatic heterocycles. The summed E-state index contributed by atoms with van der Waals surface area (Å²) in [5.74, 6) is 1.43. The van der Waals surface area contributed by atoms with Crippen LogP contribution in [0.5, 0.6) is 5.88 Å². The van der Waals surface area contributed by atoms with Crippen LogP contribution in [0.25, 0.3) is 0 Å². The van der Waals surface area contributed by atoms with E-state index in [0.717, 1.165) is 24.5 Å². The minimum Gasteiger partial charge on any atom is -0.477 e. The summed E-state index contributed by atoms with van der Waals surface area (Å²) in [7, 11) is 1.77. The Labute approximate surface area is 167 Å². The number of pyridine rings is 1. The number of nitrogens with zero attached hydrogens (tertiary/aromatic N) is 2. The smallest absolute Gasteiger partial charge is 0.218 e. The number of aryl methyl sites for hydroxylation is 1. The Morgan fingerprint density at radius 3 is 2.68 bits per heavy atom. The molecule has 2 rings (SSSR count). The van der Waals surface area contributed by atoms with Crippen molar-refractivity contribution in [2.75, 3.05) is 13.7 Å². The summed E-state index contributed by atoms with van der Waals surface area (Å²) in [6, 6.07) is 12.4. The van der Waals surface area contributed by atoms with E-state index in [2.05, 4.69) is 58.7 Å². The van der Waals surface area contributed by atoms with Gasteiger partial charge < -0.3 is 15.4 Å². The summed E-state index contributed by atoms with van der Waals surface area (Å²) in [4.78, 5) is 8.57. The van der Waals surface area contributed by atoms with Gasteiger partial charge >= 0.3 is 0 Å². The summed E-state index contributed by atoms with van der Waals surface area (Å²) in [6.45, 7) is 6.19. The Kier molecular flexibility index (Phi) is 9.91. The normalized spacial score (nSPS) is 10.8. The Morgan fingerprint density at radius 1 is 1.16 bits per heavy atom. The fraction of sp³-hybridized carbons (Fsp3) is 0.368. The highest BCUT2D eigenvalue weighted by Gasteiger charge is 2.06. The highest BCUT2D eigenvalue weighted by atomic mass is 127. The molecular weight excluding hydrogens is 427 g/mol. The van der Waals surface area contributed by atoms with Crippen molar-refractivity contribution in [2.45, 2.75) is 33.4 Å². The molecule has 0 aliphatic carbocycles. The molecule has 0 radical (unpaired) electrons. The first-order chi connectivity index (χ1) is 11.7. The average Bonchev–Trinajstić information content (AvgIpc) is 2.61. The monoisotopic (exact) mass is 454 g/mol. The van der Waals surface area contributed by atoms with Gasteiger partial charge in [0, 0.05) is 31.9 Å². The predicted molar refractivity (Wildman–Crippen MR) is 114 cm³/mol. The molecule has 136 valence electrons. The van der Waals surface area contributed by atoms with Crippen LogP contribution in [-0.2, 0) is 13.1 Å². The molecule has 0 aliphatic rings. The molecule has 0 bridgehead atoms. The lowest BCUT2D eigenvalue weighted by Gasteiger charge is -2.14. The third-order valence-electron chi connectivity index (χ3n) is 3.51. The number of guanidine groups is 1. The van der Waals surface area contributed by atoms with Crippen LogP contribution in [0.1, 0.15) is 30.0 Å². The quantitative estimate of drug-likeness (QED) is 0.381. The third kappa shape index (κ3) is 7.29. The molecule has 0 saturated heterocycles. The largest absolute Gasteiger partial charge is 0.477 e. The van der Waals surface area contributed by atoms with Gasteiger partial charge in [0.25, 0.3) is 0 Å². The van der Waals surface area contributed by atoms with E-state index in [-0.39, 0.29) is 24.0 Å². The number of benzene rings is 1. The molecule has 5 nitrogen and oxygen atoms in total. The Hall–Kier alpha value is -1.83. The second kappa shape index (κ2) is 11.7. The molecule has 0 amide bonds. The van der Waals surface area contributed by atoms with E-state index in [1.54, 1.807) is 13.2 Å². The zero-order valence-electron chi connectivity index (χ0n) is 15.1. The zero-order chi connectivity index (χ0) is 17.2. The first kappa shape index (κ1) is 21.2. The van der Waals surface area contributed by atoms with Crippen LogP contribution in [0.15, 0.2) is 47.6 Å². The van der Waals surface area contributed by atoms with Crippen LogP contribution in [0.3, 0.4) is 0 Å². The van der Waals surface area contributed by atoms with Crippen LogP contribution in [0.2, 0.25) is 0 Å². The topological polar surface area (TPSA) is 58.5 Å². The van der Waals surface area contributed by atoms with Crippen LogP contribution in [0, 0.1) is 6.92 Å². The summed E-state index contributed by atoms with van der Waals surface area (Å²) in [6.07, 6.45) is 2.71. The van der Waals surface area contributed by atoms with Crippen molar-refractivity contribution >= 4 is 29.9 Å². The van der Waals surface area contributed by atoms with Crippen LogP contribution < -0.4 is 15.4 Å². The molecule has 0 fully saturated rings. The Bertz CT molecular complexity index is 676. The minimum atomic E-state index is 0. The first-order valence-corrected chi connectivity index (χ1v) is 8.29. The number of aromatic nitrogens is 1. The second-order valence-electron chi connectivity index (χ2n) is 5.58. The third-order valence-corrected chi connectivity index (χ3v) is 3.51. The number of ether oxygens (including phenoxy) is 1. The molecule has 25 heavy (non-hydrogen) atoms. The summed E-state index contributed by atoms with van der Waals surface area (Å²) < 4.78 is 5.68. The van der Waals surface area contributed by atoms with E-state index in [0.29, 0.717) is 19.0 Å². The molecule has 1 aromatic heterocycles. The Balaban J connectivity index is 0.00000312. The maximum Gasteiger partial charge on any atom is 0.218 e. The summed E-state index contributed by atoms with van der Waals surface area (Å²) in [5.41, 5.74) is 3.50. The number of halogens is 1. The maximum absolute atomic E-state index is 5.68. The lowest BCUT2D eigenvalue weighted by Crippen LogP contribution is -2.36. The predicted octanol–water partition coefficient (Wildman–Crippen LogP) is 3.66. The van der Waals surface area contributed by atoms with Crippen molar-refractivity contribution in [3.8, 4) is 5.88 Å². The fourth-order valence-electron chi connectivity index (χ4n) is 2.29. The van der Waals surface area contributed by atoms with E-state index in [9.17, 15) is 0 Å². The van der Waals surface area contributed by atoms with Gasteiger partial charge in [0.1, 0.15) is 0 Å². The van der Waals surface area contributed by atoms with Gasteiger partial charge in [0.15, 0.2) is 5.96 Å². The number of aliphatic imine (C=N–C) groups is 1. The van der Waals surface area contributed by atoms with Crippen molar-refractivity contribution in [1.82, 2.24) is 15.6 Å². The van der Waals surface area contributed by atoms with Crippen LogP contribution >= 0.6 is 24.0 Å². The van der Waals surface area contributed by atoms with Gasteiger partial charge in [-0.3, -0.25) is 4.99 Å². The first-order valence-electron chi connectivity index (χ1n) is 8.29. The van der Waals surface area contributed by atoms with Gasteiger partial charge in [-0.1, -0.05) is 42.8 Å². The van der Waals surface area contributed by atoms with E-state index in [4.69, 9.17) is 4.74 Å². The number of nitrogens with one attached hydrogen (secondary N) is 2. The fourth-order valence-corrected chi connectivity index (χ4v) is 2.29. The van der Waals surface area contributed by atoms with Gasteiger partial charge in [-0.05, 0) is 25.0 Å². The minimum absolute atomic E-state index is 0. The highest BCUT2D eigenvalue weighted by molar-refractivity contribution is 14.0. The molecule has 0 atom stereocenters. The standard InChI is InChI=1S/C19H26N4O.HI/c1-4-11-24-18-17(9-6-10-21-18)14-23-19(20-3)22-13-16-8-5-7-15(2)12-16;/h5-10,12H,4,11,13-14H2,1-3H3,(H2,20,22,23);1H. The molecule has 0 saturated carbocycles. The SMILES string of the molecule is CCCOc1ncccc1CNC(=NC)NCc1cccc(C)c1.I. The molecule has 0 unspecified atom stereocenters.